The van der Waals surface area contributed by atoms with Crippen molar-refractivity contribution in [2.24, 2.45) is 7.05 Å². The molecule has 0 fully saturated rings. The first kappa shape index (κ1) is 15.5. The van der Waals surface area contributed by atoms with Crippen molar-refractivity contribution in [3.8, 4) is 0 Å². The molecular formula is C13H24N4O2. The summed E-state index contributed by atoms with van der Waals surface area (Å²) in [6.45, 7) is 7.60. The van der Waals surface area contributed by atoms with Crippen LogP contribution in [0, 0.1) is 0 Å². The van der Waals surface area contributed by atoms with Crippen LogP contribution in [0.2, 0.25) is 0 Å². The van der Waals surface area contributed by atoms with Crippen molar-refractivity contribution in [1.29, 1.82) is 0 Å². The Kier molecular flexibility index (Phi) is 5.32. The molecule has 0 aromatic carbocycles. The molecule has 0 atom stereocenters. The van der Waals surface area contributed by atoms with Crippen LogP contribution in [0.1, 0.15) is 52.8 Å². The highest BCUT2D eigenvalue weighted by molar-refractivity contribution is 5.82. The molecule has 1 aromatic rings. The van der Waals surface area contributed by atoms with Crippen LogP contribution < -0.4 is 5.32 Å². The standard InChI is InChI=1S/C13H24N4O2/c1-6-7-8-9-10-14-11(16-17(10)5)15-12(18)19-13(2,3)4/h6-9H2,1-5H3,(H,15,16,18). The monoisotopic (exact) mass is 268 g/mol. The van der Waals surface area contributed by atoms with Crippen molar-refractivity contribution >= 4 is 12.0 Å². The average molecular weight is 268 g/mol. The van der Waals surface area contributed by atoms with Crippen LogP contribution in [0.25, 0.3) is 0 Å². The number of nitrogens with zero attached hydrogens (tertiary/aromatic N) is 3. The van der Waals surface area contributed by atoms with Gasteiger partial charge in [0.25, 0.3) is 5.95 Å². The van der Waals surface area contributed by atoms with Gasteiger partial charge in [-0.2, -0.15) is 4.98 Å². The number of aromatic nitrogens is 3. The molecule has 0 spiro atoms. The lowest BCUT2D eigenvalue weighted by atomic mass is 10.2. The van der Waals surface area contributed by atoms with Gasteiger partial charge in [-0.1, -0.05) is 19.8 Å². The maximum absolute atomic E-state index is 11.6. The molecule has 0 unspecified atom stereocenters. The SMILES string of the molecule is CCCCCc1nc(NC(=O)OC(C)(C)C)nn1C. The van der Waals surface area contributed by atoms with E-state index in [0.29, 0.717) is 5.95 Å². The molecule has 1 rings (SSSR count). The number of unbranched alkanes of at least 4 members (excludes halogenated alkanes) is 2. The van der Waals surface area contributed by atoms with Gasteiger partial charge in [0.15, 0.2) is 0 Å². The van der Waals surface area contributed by atoms with Crippen molar-refractivity contribution in [2.45, 2.75) is 59.0 Å². The minimum absolute atomic E-state index is 0.295. The summed E-state index contributed by atoms with van der Waals surface area (Å²) in [5, 5.41) is 6.70. The molecule has 1 aromatic heterocycles. The van der Waals surface area contributed by atoms with E-state index in [1.54, 1.807) is 4.68 Å². The molecule has 1 amide bonds. The molecule has 1 N–H and O–H groups in total. The first-order valence-electron chi connectivity index (χ1n) is 6.71. The quantitative estimate of drug-likeness (QED) is 0.834. The number of carbonyl (C=O) groups is 1. The summed E-state index contributed by atoms with van der Waals surface area (Å²) < 4.78 is 6.85. The molecule has 0 aliphatic rings. The van der Waals surface area contributed by atoms with E-state index in [1.165, 1.54) is 12.8 Å². The summed E-state index contributed by atoms with van der Waals surface area (Å²) in [4.78, 5) is 15.9. The predicted molar refractivity (Wildman–Crippen MR) is 74.1 cm³/mol. The van der Waals surface area contributed by atoms with Crippen molar-refractivity contribution < 1.29 is 9.53 Å². The average Bonchev–Trinajstić information content (AvgIpc) is 2.56. The van der Waals surface area contributed by atoms with E-state index in [1.807, 2.05) is 27.8 Å². The summed E-state index contributed by atoms with van der Waals surface area (Å²) in [7, 11) is 1.83. The van der Waals surface area contributed by atoms with Crippen LogP contribution in [0.15, 0.2) is 0 Å². The van der Waals surface area contributed by atoms with Gasteiger partial charge in [-0.3, -0.25) is 10.00 Å². The summed E-state index contributed by atoms with van der Waals surface area (Å²) in [5.74, 6) is 1.17. The Bertz CT molecular complexity index is 421. The van der Waals surface area contributed by atoms with E-state index in [2.05, 4.69) is 22.3 Å². The number of aryl methyl sites for hydroxylation is 2. The van der Waals surface area contributed by atoms with Gasteiger partial charge in [-0.15, -0.1) is 5.10 Å². The Labute approximate surface area is 114 Å². The van der Waals surface area contributed by atoms with Gasteiger partial charge in [-0.25, -0.2) is 4.79 Å². The number of anilines is 1. The van der Waals surface area contributed by atoms with E-state index >= 15 is 0 Å². The maximum Gasteiger partial charge on any atom is 0.414 e. The Hall–Kier alpha value is -1.59. The van der Waals surface area contributed by atoms with Gasteiger partial charge in [-0.05, 0) is 27.2 Å². The largest absolute Gasteiger partial charge is 0.444 e. The molecular weight excluding hydrogens is 244 g/mol. The zero-order chi connectivity index (χ0) is 14.5. The van der Waals surface area contributed by atoms with Gasteiger partial charge < -0.3 is 4.74 Å². The lowest BCUT2D eigenvalue weighted by molar-refractivity contribution is 0.0634. The number of hydrogen-bond acceptors (Lipinski definition) is 4. The zero-order valence-electron chi connectivity index (χ0n) is 12.5. The summed E-state index contributed by atoms with van der Waals surface area (Å²) in [5.41, 5.74) is -0.525. The molecule has 6 heteroatoms. The second-order valence-corrected chi connectivity index (χ2v) is 5.56. The topological polar surface area (TPSA) is 69.0 Å². The second kappa shape index (κ2) is 6.54. The van der Waals surface area contributed by atoms with E-state index in [4.69, 9.17) is 4.74 Å². The lowest BCUT2D eigenvalue weighted by Crippen LogP contribution is -2.27. The van der Waals surface area contributed by atoms with Gasteiger partial charge in [0.05, 0.1) is 0 Å². The Balaban J connectivity index is 2.55. The smallest absolute Gasteiger partial charge is 0.414 e. The highest BCUT2D eigenvalue weighted by atomic mass is 16.6. The molecule has 0 saturated carbocycles. The molecule has 0 bridgehead atoms. The molecule has 108 valence electrons. The van der Waals surface area contributed by atoms with Crippen LogP contribution in [-0.2, 0) is 18.2 Å². The number of ether oxygens (including phenoxy) is 1. The molecule has 0 aliphatic heterocycles. The molecule has 19 heavy (non-hydrogen) atoms. The van der Waals surface area contributed by atoms with Crippen molar-refractivity contribution in [2.75, 3.05) is 5.32 Å². The Morgan fingerprint density at radius 2 is 2.05 bits per heavy atom. The van der Waals surface area contributed by atoms with Gasteiger partial charge >= 0.3 is 6.09 Å². The number of amides is 1. The van der Waals surface area contributed by atoms with Crippen LogP contribution in [-0.4, -0.2) is 26.5 Å². The van der Waals surface area contributed by atoms with Gasteiger partial charge in [0.2, 0.25) is 0 Å². The van der Waals surface area contributed by atoms with Crippen LogP contribution in [0.5, 0.6) is 0 Å². The molecule has 1 heterocycles. The zero-order valence-corrected chi connectivity index (χ0v) is 12.5. The van der Waals surface area contributed by atoms with E-state index in [-0.39, 0.29) is 0 Å². The Morgan fingerprint density at radius 3 is 2.63 bits per heavy atom. The summed E-state index contributed by atoms with van der Waals surface area (Å²) >= 11 is 0. The number of hydrogen-bond donors (Lipinski definition) is 1. The third-order valence-corrected chi connectivity index (χ3v) is 2.47. The van der Waals surface area contributed by atoms with Gasteiger partial charge in [0.1, 0.15) is 11.4 Å². The number of nitrogens with one attached hydrogen (secondary N) is 1. The van der Waals surface area contributed by atoms with E-state index in [0.717, 1.165) is 18.7 Å². The molecule has 6 nitrogen and oxygen atoms in total. The highest BCUT2D eigenvalue weighted by Crippen LogP contribution is 2.10. The van der Waals surface area contributed by atoms with Crippen LogP contribution in [0.4, 0.5) is 10.7 Å². The fourth-order valence-corrected chi connectivity index (χ4v) is 1.62. The third-order valence-electron chi connectivity index (χ3n) is 2.47. The fraction of sp³-hybridized carbons (Fsp3) is 0.769. The first-order chi connectivity index (χ1) is 8.81. The summed E-state index contributed by atoms with van der Waals surface area (Å²) in [6, 6.07) is 0. The van der Waals surface area contributed by atoms with Crippen molar-refractivity contribution in [3.05, 3.63) is 5.82 Å². The number of rotatable bonds is 5. The van der Waals surface area contributed by atoms with Crippen LogP contribution in [0.3, 0.4) is 0 Å². The van der Waals surface area contributed by atoms with Crippen LogP contribution >= 0.6 is 0 Å². The fourth-order valence-electron chi connectivity index (χ4n) is 1.62. The normalized spacial score (nSPS) is 11.4. The first-order valence-corrected chi connectivity index (χ1v) is 6.71. The third kappa shape index (κ3) is 5.72. The minimum atomic E-state index is -0.529. The van der Waals surface area contributed by atoms with Crippen molar-refractivity contribution in [3.63, 3.8) is 0 Å². The second-order valence-electron chi connectivity index (χ2n) is 5.56. The molecule has 0 aliphatic carbocycles. The van der Waals surface area contributed by atoms with E-state index in [9.17, 15) is 4.79 Å². The van der Waals surface area contributed by atoms with Gasteiger partial charge in [0, 0.05) is 13.5 Å². The predicted octanol–water partition coefficient (Wildman–Crippen LogP) is 2.89. The number of carbonyl (C=O) groups excluding carboxylic acids is 1. The summed E-state index contributed by atoms with van der Waals surface area (Å²) in [6.07, 6.45) is 3.75. The van der Waals surface area contributed by atoms with Crippen molar-refractivity contribution in [1.82, 2.24) is 14.8 Å². The molecule has 0 radical (unpaired) electrons. The maximum atomic E-state index is 11.6. The Morgan fingerprint density at radius 1 is 1.37 bits per heavy atom. The minimum Gasteiger partial charge on any atom is -0.444 e. The van der Waals surface area contributed by atoms with E-state index < -0.39 is 11.7 Å². The molecule has 0 saturated heterocycles. The highest BCUT2D eigenvalue weighted by Gasteiger charge is 2.18. The lowest BCUT2D eigenvalue weighted by Gasteiger charge is -2.18.